The van der Waals surface area contributed by atoms with E-state index in [4.69, 9.17) is 4.74 Å². The lowest BCUT2D eigenvalue weighted by atomic mass is 9.80. The van der Waals surface area contributed by atoms with Crippen molar-refractivity contribution in [1.82, 2.24) is 20.7 Å². The second kappa shape index (κ2) is 50.1. The summed E-state index contributed by atoms with van der Waals surface area (Å²) in [6.45, 7) is 75.5. The smallest absolute Gasteiger partial charge is 0.123 e. The Morgan fingerprint density at radius 3 is 1.18 bits per heavy atom. The SMILES string of the molecule is C=C1CCc2ccccc2N1.C=C1Cc2ccccc2CN1.C=S1(=O)Cc2ccccc2CN1.CC(C)(C)C.CC(C)(C)C.CC(C)(C)C.CC(C)(C)C.CC(C)(C)C.CC(C)(C)C.CC(C)(C)C.c1ccc2c(c1)CCCC2.c1ccc2c(c1)CCCC21CC1.c1ccc2c(c1)CCCNC2.c1ccc2c(c1)CNCCO2. The van der Waals surface area contributed by atoms with Crippen LogP contribution in [0.15, 0.2) is 194 Å². The van der Waals surface area contributed by atoms with Crippen LogP contribution >= 0.6 is 0 Å². The Morgan fingerprint density at radius 2 is 0.690 bits per heavy atom. The molecule has 630 valence electrons. The quantitative estimate of drug-likeness (QED) is 0.0973. The van der Waals surface area contributed by atoms with Gasteiger partial charge >= 0.3 is 0 Å². The fraction of sp³-hybridized carbons (Fsp3) is 0.552. The molecule has 0 amide bonds. The Balaban J connectivity index is 0.000000420. The minimum atomic E-state index is -2.05. The average molecular weight is 1560 g/mol. The molecule has 7 aromatic carbocycles. The topological polar surface area (TPSA) is 86.5 Å². The van der Waals surface area contributed by atoms with Crippen LogP contribution in [0.3, 0.4) is 0 Å². The molecule has 1 unspecified atom stereocenters. The zero-order valence-electron chi connectivity index (χ0n) is 77.6. The molecule has 3 aliphatic carbocycles. The third-order valence-electron chi connectivity index (χ3n) is 16.0. The van der Waals surface area contributed by atoms with Crippen LogP contribution < -0.4 is 30.7 Å². The van der Waals surface area contributed by atoms with Crippen molar-refractivity contribution in [3.05, 3.63) is 261 Å². The number of anilines is 1. The summed E-state index contributed by atoms with van der Waals surface area (Å²) in [6, 6.07) is 59.6. The first-order chi connectivity index (χ1) is 52.2. The lowest BCUT2D eigenvalue weighted by Gasteiger charge is -2.24. The van der Waals surface area contributed by atoms with E-state index >= 15 is 0 Å². The van der Waals surface area contributed by atoms with Crippen molar-refractivity contribution in [2.45, 2.75) is 321 Å². The first-order valence-corrected chi connectivity index (χ1v) is 44.6. The monoisotopic (exact) mass is 1560 g/mol. The molecule has 1 atom stereocenters. The van der Waals surface area contributed by atoms with Gasteiger partial charge in [-0.1, -0.05) is 365 Å². The van der Waals surface area contributed by atoms with Gasteiger partial charge < -0.3 is 26.0 Å². The number of allylic oxidation sites excluding steroid dienone is 2. The maximum absolute atomic E-state index is 11.5. The summed E-state index contributed by atoms with van der Waals surface area (Å²) in [5.41, 5.74) is 25.0. The van der Waals surface area contributed by atoms with E-state index in [1.165, 1.54) is 115 Å². The molecule has 0 saturated heterocycles. The summed E-state index contributed by atoms with van der Waals surface area (Å²) < 4.78 is 20.0. The molecular formula is C105H167N5O2S. The maximum atomic E-state index is 11.5. The molecule has 1 spiro atoms. The van der Waals surface area contributed by atoms with Crippen LogP contribution in [0.4, 0.5) is 5.69 Å². The fourth-order valence-corrected chi connectivity index (χ4v) is 12.7. The molecule has 8 heteroatoms. The molecule has 113 heavy (non-hydrogen) atoms. The van der Waals surface area contributed by atoms with Gasteiger partial charge in [0.1, 0.15) is 12.4 Å². The van der Waals surface area contributed by atoms with E-state index in [-0.39, 0.29) is 0 Å². The lowest BCUT2D eigenvalue weighted by molar-refractivity contribution is 0.326. The molecule has 7 nitrogen and oxygen atoms in total. The molecule has 5 aliphatic heterocycles. The zero-order valence-corrected chi connectivity index (χ0v) is 78.4. The van der Waals surface area contributed by atoms with Gasteiger partial charge in [0.05, 0.1) is 5.75 Å². The van der Waals surface area contributed by atoms with Crippen LogP contribution in [-0.2, 0) is 85.6 Å². The Kier molecular flexibility index (Phi) is 45.4. The van der Waals surface area contributed by atoms with Gasteiger partial charge in [-0.05, 0) is 213 Å². The van der Waals surface area contributed by atoms with E-state index in [2.05, 4.69) is 366 Å². The number of benzene rings is 7. The fourth-order valence-electron chi connectivity index (χ4n) is 11.4. The molecular weight excluding hydrogens is 1400 g/mol. The summed E-state index contributed by atoms with van der Waals surface area (Å²) in [6.07, 6.45) is 18.1. The van der Waals surface area contributed by atoms with Crippen LogP contribution in [0, 0.1) is 37.9 Å². The molecule has 0 bridgehead atoms. The van der Waals surface area contributed by atoms with Crippen molar-refractivity contribution >= 4 is 21.3 Å². The normalized spacial score (nSPS) is 16.9. The Morgan fingerprint density at radius 1 is 0.336 bits per heavy atom. The van der Waals surface area contributed by atoms with Gasteiger partial charge in [0.2, 0.25) is 0 Å². The zero-order chi connectivity index (χ0) is 85.3. The van der Waals surface area contributed by atoms with E-state index in [1.807, 2.05) is 42.5 Å². The predicted molar refractivity (Wildman–Crippen MR) is 505 cm³/mol. The number of para-hydroxylation sites is 2. The molecule has 8 aliphatic rings. The largest absolute Gasteiger partial charge is 0.492 e. The van der Waals surface area contributed by atoms with E-state index in [9.17, 15) is 4.21 Å². The highest BCUT2D eigenvalue weighted by Gasteiger charge is 2.46. The summed E-state index contributed by atoms with van der Waals surface area (Å²) in [5, 5.41) is 13.2. The van der Waals surface area contributed by atoms with Crippen LogP contribution in [0.2, 0.25) is 0 Å². The molecule has 7 aromatic rings. The average Bonchev–Trinajstić information content (AvgIpc) is 1.60. The van der Waals surface area contributed by atoms with Crippen molar-refractivity contribution in [2.75, 3.05) is 25.0 Å². The first kappa shape index (κ1) is 102. The molecule has 0 radical (unpaired) electrons. The second-order valence-corrected chi connectivity index (χ2v) is 45.0. The standard InChI is InChI=1S/C12H14.2C10H11N.C10H13N.C10H12.C9H11NOS.C9H11NO.7C5H12/c1-2-6-11-10(4-1)5-3-7-12(11)8-9-12;1-8-6-9-4-2-3-5-10(9)7-11-8;1-8-6-7-9-4-2-3-5-10(9)11-8;1-2-5-10-8-11-7-3-6-9(10)4-1;1-2-6-10-8-4-3-7-9(10)5-1;1-12(11)7-9-5-3-2-4-8(9)6-10-12;1-2-4-9-8(3-1)7-10-5-6-11-9;7*1-5(2,3)4/h1-2,4,6H,3,5,7-9H2;2*2-5,11H,1,6-7H2;1-2,4-5,11H,3,6-8H2;1-2,5-6H,3-4,7-8H2;2-5H,1,6-7H2,(H,10,11);1-4,10H,5-7H2;7*1-4H3. The number of hydrogen-bond donors (Lipinski definition) is 5. The molecule has 15 rings (SSSR count). The van der Waals surface area contributed by atoms with Crippen LogP contribution in [0.5, 0.6) is 5.75 Å². The third kappa shape index (κ3) is 57.1. The number of aryl methyl sites for hydroxylation is 5. The minimum Gasteiger partial charge on any atom is -0.492 e. The van der Waals surface area contributed by atoms with E-state index < -0.39 is 9.71 Å². The van der Waals surface area contributed by atoms with Gasteiger partial charge in [-0.3, -0.25) is 4.21 Å². The van der Waals surface area contributed by atoms with Crippen LogP contribution in [0.1, 0.15) is 312 Å². The Labute approximate surface area is 697 Å². The van der Waals surface area contributed by atoms with Gasteiger partial charge in [0.25, 0.3) is 0 Å². The van der Waals surface area contributed by atoms with Crippen molar-refractivity contribution in [1.29, 1.82) is 0 Å². The van der Waals surface area contributed by atoms with Crippen LogP contribution in [-0.4, -0.2) is 29.8 Å². The van der Waals surface area contributed by atoms with E-state index in [0.29, 0.717) is 55.6 Å². The number of fused-ring (bicyclic) bond motifs is 8. The van der Waals surface area contributed by atoms with Crippen molar-refractivity contribution in [3.8, 4) is 5.75 Å². The highest BCUT2D eigenvalue weighted by atomic mass is 32.2. The number of ether oxygens (including phenoxy) is 1. The van der Waals surface area contributed by atoms with Gasteiger partial charge in [0, 0.05) is 71.5 Å². The molecule has 1 fully saturated rings. The van der Waals surface area contributed by atoms with Gasteiger partial charge in [-0.25, -0.2) is 4.72 Å². The minimum absolute atomic E-state index is 0.500. The number of hydrogen-bond acceptors (Lipinski definition) is 6. The summed E-state index contributed by atoms with van der Waals surface area (Å²) in [7, 11) is -2.05. The van der Waals surface area contributed by atoms with Gasteiger partial charge in [-0.2, -0.15) is 0 Å². The number of rotatable bonds is 0. The molecule has 1 saturated carbocycles. The maximum Gasteiger partial charge on any atom is 0.123 e. The lowest BCUT2D eigenvalue weighted by Crippen LogP contribution is -2.29. The Bertz CT molecular complexity index is 3560. The molecule has 0 aromatic heterocycles. The summed E-state index contributed by atoms with van der Waals surface area (Å²) in [4.78, 5) is 0. The highest BCUT2D eigenvalue weighted by molar-refractivity contribution is 7.97. The van der Waals surface area contributed by atoms with Crippen molar-refractivity contribution in [3.63, 3.8) is 0 Å². The third-order valence-corrected chi connectivity index (χ3v) is 17.4. The molecule has 5 N–H and O–H groups in total. The van der Waals surface area contributed by atoms with Crippen molar-refractivity contribution < 1.29 is 8.95 Å². The second-order valence-electron chi connectivity index (χ2n) is 42.8. The van der Waals surface area contributed by atoms with Crippen molar-refractivity contribution in [2.24, 2.45) is 37.9 Å². The predicted octanol–water partition coefficient (Wildman–Crippen LogP) is 28.2. The van der Waals surface area contributed by atoms with Crippen LogP contribution in [0.25, 0.3) is 0 Å². The van der Waals surface area contributed by atoms with E-state index in [0.717, 1.165) is 81.3 Å². The number of nitrogens with one attached hydrogen (secondary N) is 5. The summed E-state index contributed by atoms with van der Waals surface area (Å²) in [5.74, 6) is 5.23. The Hall–Kier alpha value is -6.68. The first-order valence-electron chi connectivity index (χ1n) is 42.7. The van der Waals surface area contributed by atoms with Gasteiger partial charge in [0.15, 0.2) is 0 Å². The molecule has 5 heterocycles. The summed E-state index contributed by atoms with van der Waals surface area (Å²) >= 11 is 0. The van der Waals surface area contributed by atoms with E-state index in [1.54, 1.807) is 22.3 Å². The highest BCUT2D eigenvalue weighted by Crippen LogP contribution is 2.55. The van der Waals surface area contributed by atoms with Gasteiger partial charge in [-0.15, -0.1) is 0 Å².